The smallest absolute Gasteiger partial charge is 0.317 e. The van der Waals surface area contributed by atoms with Crippen LogP contribution >= 0.6 is 0 Å². The number of hydrogen-bond acceptors (Lipinski definition) is 10. The van der Waals surface area contributed by atoms with E-state index in [1.807, 2.05) is 12.1 Å². The van der Waals surface area contributed by atoms with Gasteiger partial charge in [0, 0.05) is 13.2 Å². The lowest BCUT2D eigenvalue weighted by atomic mass is 9.88. The van der Waals surface area contributed by atoms with Gasteiger partial charge in [0.2, 0.25) is 0 Å². The molecule has 0 N–H and O–H groups in total. The zero-order chi connectivity index (χ0) is 33.7. The Kier molecular flexibility index (Phi) is 12.8. The molecule has 0 radical (unpaired) electrons. The van der Waals surface area contributed by atoms with Gasteiger partial charge < -0.3 is 44.9 Å². The van der Waals surface area contributed by atoms with Crippen molar-refractivity contribution in [3.8, 4) is 5.75 Å². The summed E-state index contributed by atoms with van der Waals surface area (Å²) in [6.45, 7) is 16.1. The molecule has 9 atom stereocenters. The molecule has 6 rings (SSSR count). The van der Waals surface area contributed by atoms with Crippen LogP contribution < -0.4 is 4.74 Å². The summed E-state index contributed by atoms with van der Waals surface area (Å²) >= 11 is 0. The van der Waals surface area contributed by atoms with E-state index in [0.717, 1.165) is 68.8 Å². The van der Waals surface area contributed by atoms with Gasteiger partial charge in [-0.1, -0.05) is 17.7 Å². The molecule has 5 fully saturated rings. The molecule has 0 spiro atoms. The van der Waals surface area contributed by atoms with Crippen LogP contribution in [0.4, 0.5) is 0 Å². The molecule has 4 aliphatic heterocycles. The number of ether oxygens (including phenoxy) is 6. The molecule has 1 saturated carbocycles. The maximum absolute atomic E-state index is 7.43. The minimum absolute atomic E-state index is 0.269. The van der Waals surface area contributed by atoms with Crippen LogP contribution in [0.15, 0.2) is 24.3 Å². The average Bonchev–Trinajstić information content (AvgIpc) is 3.87. The molecule has 1 aromatic rings. The van der Waals surface area contributed by atoms with Crippen molar-refractivity contribution in [3.05, 3.63) is 29.8 Å². The van der Waals surface area contributed by atoms with Gasteiger partial charge in [0.1, 0.15) is 18.0 Å². The Morgan fingerprint density at radius 3 is 1.65 bits per heavy atom. The average molecular weight is 741 g/mol. The van der Waals surface area contributed by atoms with E-state index in [9.17, 15) is 0 Å². The van der Waals surface area contributed by atoms with Crippen LogP contribution in [0.3, 0.4) is 0 Å². The van der Waals surface area contributed by atoms with E-state index < -0.39 is 34.2 Å². The first-order valence-corrected chi connectivity index (χ1v) is 28.6. The first kappa shape index (κ1) is 37.3. The molecular weight excluding hydrogens is 681 g/mol. The highest BCUT2D eigenvalue weighted by Gasteiger charge is 2.56. The SMILES string of the molecule is Cc1ccc(OCCC[Si]2(C)O[Si](C)(CCCOCC3CO3)O[Si](C)(CCCOCC3CO3)O[Si](C)(CCC3CCC4OC4C3)O2)cc1. The van der Waals surface area contributed by atoms with Gasteiger partial charge in [-0.05, 0) is 120 Å². The maximum Gasteiger partial charge on any atom is 0.317 e. The highest BCUT2D eigenvalue weighted by atomic mass is 28.5. The zero-order valence-electron chi connectivity index (χ0n) is 30.0. The molecule has 0 bridgehead atoms. The number of rotatable bonds is 20. The van der Waals surface area contributed by atoms with Crippen LogP contribution in [0.1, 0.15) is 50.5 Å². The predicted molar refractivity (Wildman–Crippen MR) is 192 cm³/mol. The van der Waals surface area contributed by atoms with Crippen molar-refractivity contribution in [2.24, 2.45) is 5.92 Å². The van der Waals surface area contributed by atoms with Gasteiger partial charge in [0.25, 0.3) is 0 Å². The monoisotopic (exact) mass is 740 g/mol. The molecular formula is C34H60O10Si4. The number of hydrogen-bond donors (Lipinski definition) is 0. The molecule has 10 nitrogen and oxygen atoms in total. The third kappa shape index (κ3) is 12.1. The Bertz CT molecular complexity index is 1160. The van der Waals surface area contributed by atoms with Gasteiger partial charge in [-0.25, -0.2) is 0 Å². The molecule has 14 heteroatoms. The zero-order valence-corrected chi connectivity index (χ0v) is 34.0. The van der Waals surface area contributed by atoms with Gasteiger partial charge in [0.15, 0.2) is 0 Å². The molecule has 48 heavy (non-hydrogen) atoms. The van der Waals surface area contributed by atoms with Gasteiger partial charge in [0.05, 0.1) is 45.2 Å². The van der Waals surface area contributed by atoms with Gasteiger partial charge >= 0.3 is 34.2 Å². The van der Waals surface area contributed by atoms with Crippen molar-refractivity contribution in [1.29, 1.82) is 0 Å². The minimum atomic E-state index is -2.73. The van der Waals surface area contributed by atoms with E-state index in [1.165, 1.54) is 24.8 Å². The highest BCUT2D eigenvalue weighted by Crippen LogP contribution is 2.44. The van der Waals surface area contributed by atoms with Crippen molar-refractivity contribution in [1.82, 2.24) is 0 Å². The normalized spacial score (nSPS) is 38.9. The number of epoxide rings is 3. The minimum Gasteiger partial charge on any atom is -0.494 e. The summed E-state index contributed by atoms with van der Waals surface area (Å²) in [6, 6.07) is 11.8. The van der Waals surface area contributed by atoms with Crippen LogP contribution in [0, 0.1) is 12.8 Å². The van der Waals surface area contributed by atoms with Crippen molar-refractivity contribution < 1.29 is 44.9 Å². The van der Waals surface area contributed by atoms with E-state index in [0.29, 0.717) is 51.2 Å². The number of fused-ring (bicyclic) bond motifs is 1. The molecule has 9 unspecified atom stereocenters. The van der Waals surface area contributed by atoms with Gasteiger partial charge in [-0.3, -0.25) is 0 Å². The van der Waals surface area contributed by atoms with Gasteiger partial charge in [-0.15, -0.1) is 0 Å². The topological polar surface area (TPSA) is 102 Å². The summed E-state index contributed by atoms with van der Waals surface area (Å²) in [7, 11) is -10.8. The Balaban J connectivity index is 1.14. The standard InChI is InChI=1S/C34H60O10Si4/c1-28-9-12-30(13-10-28)37-18-8-21-47(4)42-45(2,19-6-16-35-24-31-26-38-31)41-46(3,20-7-17-36-25-32-27-39-32)43-48(5,44-47)22-15-29-11-14-33-34(23-29)40-33/h9-10,12-13,29,31-34H,6-8,11,14-27H2,1-5H3. The van der Waals surface area contributed by atoms with E-state index in [2.05, 4.69) is 45.2 Å². The van der Waals surface area contributed by atoms with E-state index in [1.54, 1.807) is 0 Å². The maximum atomic E-state index is 7.43. The Hall–Kier alpha value is -0.472. The lowest BCUT2D eigenvalue weighted by Crippen LogP contribution is -2.67. The lowest BCUT2D eigenvalue weighted by Gasteiger charge is -2.50. The quantitative estimate of drug-likeness (QED) is 0.0816. The van der Waals surface area contributed by atoms with E-state index in [4.69, 9.17) is 44.9 Å². The molecule has 4 heterocycles. The molecule has 1 aliphatic carbocycles. The summed E-state index contributed by atoms with van der Waals surface area (Å²) in [5.74, 6) is 1.57. The first-order chi connectivity index (χ1) is 23.0. The number of aryl methyl sites for hydroxylation is 1. The summed E-state index contributed by atoms with van der Waals surface area (Å²) in [6.07, 6.45) is 8.87. The predicted octanol–water partition coefficient (Wildman–Crippen LogP) is 6.70. The fraction of sp³-hybridized carbons (Fsp3) is 0.824. The second kappa shape index (κ2) is 16.5. The Morgan fingerprint density at radius 1 is 0.646 bits per heavy atom. The fourth-order valence-corrected chi connectivity index (χ4v) is 30.8. The van der Waals surface area contributed by atoms with Gasteiger partial charge in [-0.2, -0.15) is 0 Å². The summed E-state index contributed by atoms with van der Waals surface area (Å²) in [5, 5.41) is 0. The van der Waals surface area contributed by atoms with Crippen LogP contribution in [0.5, 0.6) is 5.75 Å². The van der Waals surface area contributed by atoms with E-state index >= 15 is 0 Å². The third-order valence-electron chi connectivity index (χ3n) is 10.2. The Morgan fingerprint density at radius 2 is 1.15 bits per heavy atom. The second-order valence-corrected chi connectivity index (χ2v) is 29.7. The van der Waals surface area contributed by atoms with Crippen molar-refractivity contribution in [3.63, 3.8) is 0 Å². The van der Waals surface area contributed by atoms with Crippen molar-refractivity contribution in [2.75, 3.05) is 46.2 Å². The molecule has 5 aliphatic rings. The second-order valence-electron chi connectivity index (χ2n) is 15.4. The largest absolute Gasteiger partial charge is 0.494 e. The Labute approximate surface area is 292 Å². The lowest BCUT2D eigenvalue weighted by molar-refractivity contribution is 0.113. The molecule has 1 aromatic carbocycles. The summed E-state index contributed by atoms with van der Waals surface area (Å²) < 4.78 is 64.1. The summed E-state index contributed by atoms with van der Waals surface area (Å²) in [4.78, 5) is 0. The molecule has 0 amide bonds. The first-order valence-electron chi connectivity index (χ1n) is 18.5. The van der Waals surface area contributed by atoms with Crippen LogP contribution in [0.2, 0.25) is 50.4 Å². The fourth-order valence-electron chi connectivity index (χ4n) is 7.50. The van der Waals surface area contributed by atoms with Crippen LogP contribution in [-0.4, -0.2) is 105 Å². The molecule has 4 saturated heterocycles. The van der Waals surface area contributed by atoms with Crippen LogP contribution in [-0.2, 0) is 40.1 Å². The highest BCUT2D eigenvalue weighted by molar-refractivity contribution is 6.93. The third-order valence-corrected chi connectivity index (χ3v) is 29.0. The molecule has 272 valence electrons. The van der Waals surface area contributed by atoms with E-state index in [-0.39, 0.29) is 12.2 Å². The van der Waals surface area contributed by atoms with Crippen molar-refractivity contribution >= 4 is 34.2 Å². The molecule has 0 aromatic heterocycles. The van der Waals surface area contributed by atoms with Crippen LogP contribution in [0.25, 0.3) is 0 Å². The summed E-state index contributed by atoms with van der Waals surface area (Å²) in [5.41, 5.74) is 1.23. The number of benzene rings is 1. The van der Waals surface area contributed by atoms with Crippen molar-refractivity contribution in [2.45, 2.75) is 127 Å².